The standard InChI is InChI=1S/C22H21ClN6O/c23-18-7-4-17(5-8-18)6-9-22(30)29-13-11-28(12-14-29)21-15-20(25-16-26-21)27-19-3-1-2-10-24-19/h1-10,15-16H,11-14H2,(H,24,25,26,27)/b9-6+. The zero-order chi connectivity index (χ0) is 20.8. The van der Waals surface area contributed by atoms with Crippen molar-refractivity contribution in [1.29, 1.82) is 0 Å². The van der Waals surface area contributed by atoms with Crippen molar-refractivity contribution in [2.24, 2.45) is 0 Å². The molecule has 4 rings (SSSR count). The Morgan fingerprint density at radius 3 is 2.50 bits per heavy atom. The number of benzene rings is 1. The second-order valence-corrected chi connectivity index (χ2v) is 7.24. The summed E-state index contributed by atoms with van der Waals surface area (Å²) in [7, 11) is 0. The molecule has 0 radical (unpaired) electrons. The zero-order valence-corrected chi connectivity index (χ0v) is 17.0. The first-order chi connectivity index (χ1) is 14.7. The Bertz CT molecular complexity index is 1020. The molecule has 0 atom stereocenters. The molecular weight excluding hydrogens is 400 g/mol. The normalized spacial score (nSPS) is 14.2. The molecule has 3 aromatic rings. The van der Waals surface area contributed by atoms with E-state index >= 15 is 0 Å². The lowest BCUT2D eigenvalue weighted by atomic mass is 10.2. The summed E-state index contributed by atoms with van der Waals surface area (Å²) < 4.78 is 0. The van der Waals surface area contributed by atoms with Crippen molar-refractivity contribution in [2.45, 2.75) is 0 Å². The fourth-order valence-corrected chi connectivity index (χ4v) is 3.28. The minimum absolute atomic E-state index is 0.00444. The molecule has 0 saturated carbocycles. The smallest absolute Gasteiger partial charge is 0.246 e. The molecule has 30 heavy (non-hydrogen) atoms. The molecular formula is C22H21ClN6O. The number of halogens is 1. The van der Waals surface area contributed by atoms with Crippen molar-refractivity contribution in [3.05, 3.63) is 77.7 Å². The number of hydrogen-bond donors (Lipinski definition) is 1. The van der Waals surface area contributed by atoms with E-state index in [1.54, 1.807) is 12.3 Å². The second-order valence-electron chi connectivity index (χ2n) is 6.80. The number of rotatable bonds is 5. The molecule has 152 valence electrons. The van der Waals surface area contributed by atoms with E-state index in [0.717, 1.165) is 17.2 Å². The highest BCUT2D eigenvalue weighted by atomic mass is 35.5. The number of anilines is 3. The summed E-state index contributed by atoms with van der Waals surface area (Å²) in [5.74, 6) is 2.24. The average Bonchev–Trinajstić information content (AvgIpc) is 2.79. The van der Waals surface area contributed by atoms with Gasteiger partial charge in [-0.15, -0.1) is 0 Å². The number of nitrogens with one attached hydrogen (secondary N) is 1. The second kappa shape index (κ2) is 9.37. The minimum Gasteiger partial charge on any atom is -0.353 e. The summed E-state index contributed by atoms with van der Waals surface area (Å²) in [6.45, 7) is 2.69. The Hall–Kier alpha value is -3.45. The van der Waals surface area contributed by atoms with Crippen LogP contribution in [-0.2, 0) is 4.79 Å². The first-order valence-corrected chi connectivity index (χ1v) is 10.0. The monoisotopic (exact) mass is 420 g/mol. The Balaban J connectivity index is 1.33. The lowest BCUT2D eigenvalue weighted by molar-refractivity contribution is -0.126. The molecule has 0 aliphatic carbocycles. The fourth-order valence-electron chi connectivity index (χ4n) is 3.16. The van der Waals surface area contributed by atoms with E-state index < -0.39 is 0 Å². The molecule has 1 saturated heterocycles. The zero-order valence-electron chi connectivity index (χ0n) is 16.3. The van der Waals surface area contributed by atoms with Gasteiger partial charge in [0.1, 0.15) is 23.8 Å². The lowest BCUT2D eigenvalue weighted by Crippen LogP contribution is -2.48. The van der Waals surface area contributed by atoms with E-state index in [1.165, 1.54) is 6.33 Å². The van der Waals surface area contributed by atoms with Crippen molar-refractivity contribution < 1.29 is 4.79 Å². The van der Waals surface area contributed by atoms with Gasteiger partial charge in [0.25, 0.3) is 0 Å². The first-order valence-electron chi connectivity index (χ1n) is 9.65. The van der Waals surface area contributed by atoms with E-state index in [4.69, 9.17) is 11.6 Å². The van der Waals surface area contributed by atoms with Gasteiger partial charge < -0.3 is 15.1 Å². The van der Waals surface area contributed by atoms with Crippen LogP contribution < -0.4 is 10.2 Å². The molecule has 1 fully saturated rings. The highest BCUT2D eigenvalue weighted by Gasteiger charge is 2.21. The SMILES string of the molecule is O=C(/C=C/c1ccc(Cl)cc1)N1CCN(c2cc(Nc3ccccn3)ncn2)CC1. The molecule has 3 heterocycles. The average molecular weight is 421 g/mol. The highest BCUT2D eigenvalue weighted by molar-refractivity contribution is 6.30. The topological polar surface area (TPSA) is 74.2 Å². The van der Waals surface area contributed by atoms with Crippen molar-refractivity contribution >= 4 is 41.0 Å². The van der Waals surface area contributed by atoms with Crippen molar-refractivity contribution in [2.75, 3.05) is 36.4 Å². The van der Waals surface area contributed by atoms with Gasteiger partial charge in [-0.2, -0.15) is 0 Å². The molecule has 1 amide bonds. The maximum atomic E-state index is 12.5. The van der Waals surface area contributed by atoms with Gasteiger partial charge in [-0.1, -0.05) is 29.8 Å². The molecule has 1 aromatic carbocycles. The third-order valence-corrected chi connectivity index (χ3v) is 5.03. The van der Waals surface area contributed by atoms with Gasteiger partial charge in [-0.05, 0) is 35.9 Å². The summed E-state index contributed by atoms with van der Waals surface area (Å²) in [4.78, 5) is 29.4. The largest absolute Gasteiger partial charge is 0.353 e. The van der Waals surface area contributed by atoms with Gasteiger partial charge in [0, 0.05) is 49.5 Å². The Kier molecular flexibility index (Phi) is 6.20. The van der Waals surface area contributed by atoms with Crippen LogP contribution in [0.5, 0.6) is 0 Å². The first kappa shape index (κ1) is 19.8. The Morgan fingerprint density at radius 1 is 0.967 bits per heavy atom. The number of aromatic nitrogens is 3. The van der Waals surface area contributed by atoms with E-state index in [0.29, 0.717) is 37.0 Å². The number of pyridine rings is 1. The maximum Gasteiger partial charge on any atom is 0.246 e. The predicted octanol–water partition coefficient (Wildman–Crippen LogP) is 3.63. The third kappa shape index (κ3) is 5.12. The molecule has 1 N–H and O–H groups in total. The molecule has 0 unspecified atom stereocenters. The summed E-state index contributed by atoms with van der Waals surface area (Å²) in [5, 5.41) is 3.85. The quantitative estimate of drug-likeness (QED) is 0.635. The Morgan fingerprint density at radius 2 is 1.77 bits per heavy atom. The molecule has 2 aromatic heterocycles. The number of carbonyl (C=O) groups is 1. The molecule has 1 aliphatic heterocycles. The number of amides is 1. The molecule has 8 heteroatoms. The van der Waals surface area contributed by atoms with Gasteiger partial charge >= 0.3 is 0 Å². The van der Waals surface area contributed by atoms with Crippen LogP contribution in [0, 0.1) is 0 Å². The number of piperazine rings is 1. The molecule has 0 spiro atoms. The summed E-state index contributed by atoms with van der Waals surface area (Å²) >= 11 is 5.89. The minimum atomic E-state index is 0.00444. The summed E-state index contributed by atoms with van der Waals surface area (Å²) in [6.07, 6.45) is 6.68. The van der Waals surface area contributed by atoms with Gasteiger partial charge in [0.2, 0.25) is 5.91 Å². The van der Waals surface area contributed by atoms with Crippen LogP contribution in [0.2, 0.25) is 5.02 Å². The van der Waals surface area contributed by atoms with Crippen LogP contribution >= 0.6 is 11.6 Å². The van der Waals surface area contributed by atoms with Crippen LogP contribution in [0.4, 0.5) is 17.5 Å². The van der Waals surface area contributed by atoms with Gasteiger partial charge in [0.05, 0.1) is 0 Å². The van der Waals surface area contributed by atoms with E-state index in [1.807, 2.05) is 59.5 Å². The number of nitrogens with zero attached hydrogens (tertiary/aromatic N) is 5. The molecule has 7 nitrogen and oxygen atoms in total. The Labute approximate surface area is 180 Å². The van der Waals surface area contributed by atoms with Crippen LogP contribution in [0.1, 0.15) is 5.56 Å². The number of hydrogen-bond acceptors (Lipinski definition) is 6. The van der Waals surface area contributed by atoms with Gasteiger partial charge in [0.15, 0.2) is 0 Å². The van der Waals surface area contributed by atoms with E-state index in [2.05, 4.69) is 25.2 Å². The molecule has 1 aliphatic rings. The van der Waals surface area contributed by atoms with Crippen LogP contribution in [0.15, 0.2) is 67.1 Å². The summed E-state index contributed by atoms with van der Waals surface area (Å²) in [5.41, 5.74) is 0.945. The van der Waals surface area contributed by atoms with Crippen LogP contribution in [0.25, 0.3) is 6.08 Å². The van der Waals surface area contributed by atoms with Gasteiger partial charge in [-0.25, -0.2) is 15.0 Å². The van der Waals surface area contributed by atoms with Crippen LogP contribution in [0.3, 0.4) is 0 Å². The predicted molar refractivity (Wildman–Crippen MR) is 119 cm³/mol. The van der Waals surface area contributed by atoms with E-state index in [-0.39, 0.29) is 5.91 Å². The molecule has 0 bridgehead atoms. The highest BCUT2D eigenvalue weighted by Crippen LogP contribution is 2.19. The fraction of sp³-hybridized carbons (Fsp3) is 0.182. The number of carbonyl (C=O) groups excluding carboxylic acids is 1. The third-order valence-electron chi connectivity index (χ3n) is 4.78. The maximum absolute atomic E-state index is 12.5. The lowest BCUT2D eigenvalue weighted by Gasteiger charge is -2.35. The van der Waals surface area contributed by atoms with Crippen molar-refractivity contribution in [3.63, 3.8) is 0 Å². The van der Waals surface area contributed by atoms with E-state index in [9.17, 15) is 4.79 Å². The van der Waals surface area contributed by atoms with Crippen molar-refractivity contribution in [1.82, 2.24) is 19.9 Å². The van der Waals surface area contributed by atoms with Crippen molar-refractivity contribution in [3.8, 4) is 0 Å². The van der Waals surface area contributed by atoms with Crippen LogP contribution in [-0.4, -0.2) is 51.9 Å². The summed E-state index contributed by atoms with van der Waals surface area (Å²) in [6, 6.07) is 14.9. The van der Waals surface area contributed by atoms with Gasteiger partial charge in [-0.3, -0.25) is 4.79 Å².